The fourth-order valence-electron chi connectivity index (χ4n) is 2.85. The summed E-state index contributed by atoms with van der Waals surface area (Å²) in [6.07, 6.45) is -4.93. The molecule has 1 aromatic heterocycles. The van der Waals surface area contributed by atoms with Gasteiger partial charge in [0.1, 0.15) is 23.0 Å². The van der Waals surface area contributed by atoms with Gasteiger partial charge >= 0.3 is 11.9 Å². The molecule has 5 nitrogen and oxygen atoms in total. The lowest BCUT2D eigenvalue weighted by Crippen LogP contribution is -2.43. The summed E-state index contributed by atoms with van der Waals surface area (Å²) in [5.74, 6) is -0.814. The van der Waals surface area contributed by atoms with Crippen LogP contribution in [0.15, 0.2) is 52.1 Å². The molecule has 0 fully saturated rings. The van der Waals surface area contributed by atoms with Crippen molar-refractivity contribution in [3.05, 3.63) is 85.4 Å². The lowest BCUT2D eigenvalue weighted by Gasteiger charge is -2.18. The van der Waals surface area contributed by atoms with E-state index in [2.05, 4.69) is 0 Å². The van der Waals surface area contributed by atoms with Gasteiger partial charge in [0.15, 0.2) is 0 Å². The number of hydrogen-bond acceptors (Lipinski definition) is 3. The lowest BCUT2D eigenvalue weighted by atomic mass is 10.2. The molecule has 0 amide bonds. The van der Waals surface area contributed by atoms with Crippen LogP contribution >= 0.6 is 11.6 Å². The maximum atomic E-state index is 14.5. The maximum Gasteiger partial charge on any atom is 0.432 e. The fraction of sp³-hybridized carbons (Fsp3) is 0.158. The number of ether oxygens (including phenoxy) is 1. The minimum absolute atomic E-state index is 0.0826. The van der Waals surface area contributed by atoms with Gasteiger partial charge in [-0.05, 0) is 25.1 Å². The first-order chi connectivity index (χ1) is 13.5. The molecule has 0 N–H and O–H groups in total. The number of benzene rings is 2. The Labute approximate surface area is 166 Å². The van der Waals surface area contributed by atoms with Gasteiger partial charge in [0.25, 0.3) is 5.56 Å². The molecule has 0 aliphatic heterocycles. The van der Waals surface area contributed by atoms with E-state index < -0.39 is 40.2 Å². The van der Waals surface area contributed by atoms with Crippen LogP contribution in [0.2, 0.25) is 5.02 Å². The molecule has 0 bridgehead atoms. The van der Waals surface area contributed by atoms with Gasteiger partial charge in [-0.1, -0.05) is 29.8 Å². The molecule has 10 heteroatoms. The van der Waals surface area contributed by atoms with Gasteiger partial charge in [-0.25, -0.2) is 13.8 Å². The van der Waals surface area contributed by atoms with Gasteiger partial charge < -0.3 is 4.74 Å². The van der Waals surface area contributed by atoms with E-state index in [-0.39, 0.29) is 15.3 Å². The third kappa shape index (κ3) is 3.77. The van der Waals surface area contributed by atoms with Crippen molar-refractivity contribution in [2.24, 2.45) is 7.05 Å². The van der Waals surface area contributed by atoms with E-state index in [1.807, 2.05) is 0 Å². The number of para-hydroxylation sites is 1. The zero-order valence-electron chi connectivity index (χ0n) is 15.1. The van der Waals surface area contributed by atoms with Crippen LogP contribution in [0.5, 0.6) is 11.5 Å². The first-order valence-electron chi connectivity index (χ1n) is 8.14. The summed E-state index contributed by atoms with van der Waals surface area (Å²) >= 11 is 5.98. The van der Waals surface area contributed by atoms with Gasteiger partial charge in [-0.2, -0.15) is 13.2 Å². The third-order valence-electron chi connectivity index (χ3n) is 4.17. The molecule has 0 atom stereocenters. The van der Waals surface area contributed by atoms with Gasteiger partial charge in [0.2, 0.25) is 0 Å². The third-order valence-corrected chi connectivity index (χ3v) is 4.47. The van der Waals surface area contributed by atoms with E-state index in [0.717, 1.165) is 26.1 Å². The number of rotatable bonds is 3. The standard InChI is InChI=1S/C19H13ClF4N2O3/c1-10-16(19(22,23)24)25(2)18(28)26(17(10)27)14-9-15(12(20)8-13(14)21)29-11-6-4-3-5-7-11/h3-9H,1-2H3. The quantitative estimate of drug-likeness (QED) is 0.579. The average Bonchev–Trinajstić information content (AvgIpc) is 2.63. The molecular formula is C19H13ClF4N2O3. The number of halogens is 5. The van der Waals surface area contributed by atoms with Crippen molar-refractivity contribution in [2.45, 2.75) is 13.1 Å². The van der Waals surface area contributed by atoms with Gasteiger partial charge in [0, 0.05) is 18.7 Å². The van der Waals surface area contributed by atoms with Crippen molar-refractivity contribution < 1.29 is 22.3 Å². The van der Waals surface area contributed by atoms with E-state index in [1.165, 1.54) is 0 Å². The van der Waals surface area contributed by atoms with Crippen molar-refractivity contribution in [1.29, 1.82) is 0 Å². The lowest BCUT2D eigenvalue weighted by molar-refractivity contribution is -0.144. The van der Waals surface area contributed by atoms with Gasteiger partial charge in [-0.3, -0.25) is 9.36 Å². The van der Waals surface area contributed by atoms with E-state index in [9.17, 15) is 27.2 Å². The molecule has 3 rings (SSSR count). The highest BCUT2D eigenvalue weighted by Crippen LogP contribution is 2.33. The van der Waals surface area contributed by atoms with Crippen LogP contribution in [0.25, 0.3) is 5.69 Å². The van der Waals surface area contributed by atoms with Crippen LogP contribution in [0, 0.1) is 12.7 Å². The van der Waals surface area contributed by atoms with Crippen LogP contribution in [0.3, 0.4) is 0 Å². The Morgan fingerprint density at radius 2 is 1.69 bits per heavy atom. The molecule has 152 valence electrons. The second-order valence-electron chi connectivity index (χ2n) is 6.10. The molecule has 3 aromatic rings. The highest BCUT2D eigenvalue weighted by Gasteiger charge is 2.38. The number of hydrogen-bond donors (Lipinski definition) is 0. The Morgan fingerprint density at radius 3 is 2.28 bits per heavy atom. The molecule has 0 unspecified atom stereocenters. The predicted molar refractivity (Wildman–Crippen MR) is 98.5 cm³/mol. The molecule has 0 saturated heterocycles. The Bertz CT molecular complexity index is 1160. The highest BCUT2D eigenvalue weighted by molar-refractivity contribution is 6.32. The Morgan fingerprint density at radius 1 is 1.07 bits per heavy atom. The fourth-order valence-corrected chi connectivity index (χ4v) is 3.04. The van der Waals surface area contributed by atoms with Gasteiger partial charge in [0.05, 0.1) is 10.7 Å². The minimum Gasteiger partial charge on any atom is -0.456 e. The van der Waals surface area contributed by atoms with Gasteiger partial charge in [-0.15, -0.1) is 0 Å². The summed E-state index contributed by atoms with van der Waals surface area (Å²) in [6.45, 7) is 0.913. The molecule has 2 aromatic carbocycles. The second-order valence-corrected chi connectivity index (χ2v) is 6.51. The summed E-state index contributed by atoms with van der Waals surface area (Å²) in [5.41, 5.74) is -5.40. The summed E-state index contributed by atoms with van der Waals surface area (Å²) in [7, 11) is 0.850. The average molecular weight is 429 g/mol. The molecule has 0 aliphatic carbocycles. The summed E-state index contributed by atoms with van der Waals surface area (Å²) in [6, 6.07) is 10.1. The first kappa shape index (κ1) is 20.7. The predicted octanol–water partition coefficient (Wildman–Crippen LogP) is 4.45. The smallest absolute Gasteiger partial charge is 0.432 e. The summed E-state index contributed by atoms with van der Waals surface area (Å²) in [4.78, 5) is 25.0. The van der Waals surface area contributed by atoms with Crippen LogP contribution in [-0.4, -0.2) is 9.13 Å². The molecule has 0 aliphatic rings. The van der Waals surface area contributed by atoms with Crippen molar-refractivity contribution in [3.8, 4) is 17.2 Å². The van der Waals surface area contributed by atoms with E-state index in [0.29, 0.717) is 10.3 Å². The zero-order chi connectivity index (χ0) is 21.5. The molecule has 29 heavy (non-hydrogen) atoms. The number of aromatic nitrogens is 2. The monoisotopic (exact) mass is 428 g/mol. The minimum atomic E-state index is -4.93. The molecule has 0 saturated carbocycles. The maximum absolute atomic E-state index is 14.5. The number of nitrogens with zero attached hydrogens (tertiary/aromatic N) is 2. The van der Waals surface area contributed by atoms with Crippen LogP contribution < -0.4 is 16.0 Å². The Hall–Kier alpha value is -3.07. The van der Waals surface area contributed by atoms with Crippen molar-refractivity contribution in [1.82, 2.24) is 9.13 Å². The summed E-state index contributed by atoms with van der Waals surface area (Å²) in [5, 5.41) is -0.149. The second kappa shape index (κ2) is 7.40. The zero-order valence-corrected chi connectivity index (χ0v) is 15.8. The van der Waals surface area contributed by atoms with Crippen molar-refractivity contribution in [3.63, 3.8) is 0 Å². The molecule has 1 heterocycles. The van der Waals surface area contributed by atoms with E-state index in [1.54, 1.807) is 30.3 Å². The van der Waals surface area contributed by atoms with Crippen LogP contribution in [0.4, 0.5) is 17.6 Å². The Kier molecular flexibility index (Phi) is 5.27. The summed E-state index contributed by atoms with van der Waals surface area (Å²) < 4.78 is 60.3. The van der Waals surface area contributed by atoms with E-state index >= 15 is 0 Å². The Balaban J connectivity index is 2.26. The topological polar surface area (TPSA) is 53.2 Å². The van der Waals surface area contributed by atoms with Crippen molar-refractivity contribution in [2.75, 3.05) is 0 Å². The van der Waals surface area contributed by atoms with Crippen LogP contribution in [-0.2, 0) is 13.2 Å². The molecular weight excluding hydrogens is 416 g/mol. The van der Waals surface area contributed by atoms with E-state index in [4.69, 9.17) is 16.3 Å². The molecule has 0 spiro atoms. The highest BCUT2D eigenvalue weighted by atomic mass is 35.5. The number of alkyl halides is 3. The largest absolute Gasteiger partial charge is 0.456 e. The first-order valence-corrected chi connectivity index (χ1v) is 8.52. The molecule has 0 radical (unpaired) electrons. The SMILES string of the molecule is Cc1c(C(F)(F)F)n(C)c(=O)n(-c2cc(Oc3ccccc3)c(Cl)cc2F)c1=O. The normalized spacial score (nSPS) is 11.6. The van der Waals surface area contributed by atoms with Crippen LogP contribution in [0.1, 0.15) is 11.3 Å². The van der Waals surface area contributed by atoms with Crippen molar-refractivity contribution >= 4 is 11.6 Å².